The second-order valence-electron chi connectivity index (χ2n) is 7.05. The predicted octanol–water partition coefficient (Wildman–Crippen LogP) is 3.54. The molecule has 1 atom stereocenters. The van der Waals surface area contributed by atoms with Crippen molar-refractivity contribution < 1.29 is 13.9 Å². The van der Waals surface area contributed by atoms with Crippen LogP contribution in [0, 0.1) is 11.7 Å². The van der Waals surface area contributed by atoms with Crippen molar-refractivity contribution in [2.45, 2.75) is 26.2 Å². The molecule has 8 heteroatoms. The summed E-state index contributed by atoms with van der Waals surface area (Å²) in [5, 5.41) is 5.22. The van der Waals surface area contributed by atoms with E-state index >= 15 is 0 Å². The van der Waals surface area contributed by atoms with Gasteiger partial charge in [-0.25, -0.2) is 14.2 Å². The SMILES string of the molecule is CCc1cnc(NC(=O)Nc2cc(F)ccc2OCC2CCCN(C)C2)cn1. The second kappa shape index (κ2) is 9.45. The van der Waals surface area contributed by atoms with Crippen LogP contribution in [0.1, 0.15) is 25.5 Å². The summed E-state index contributed by atoms with van der Waals surface area (Å²) in [6.07, 6.45) is 6.09. The van der Waals surface area contributed by atoms with E-state index in [0.717, 1.165) is 38.0 Å². The number of carbonyl (C=O) groups is 1. The monoisotopic (exact) mass is 387 g/mol. The lowest BCUT2D eigenvalue weighted by atomic mass is 9.99. The zero-order valence-electron chi connectivity index (χ0n) is 16.2. The van der Waals surface area contributed by atoms with Gasteiger partial charge in [0.15, 0.2) is 5.82 Å². The number of carbonyl (C=O) groups excluding carboxylic acids is 1. The standard InChI is InChI=1S/C20H26FN5O2/c1-3-16-10-23-19(11-22-16)25-20(27)24-17-9-15(21)6-7-18(17)28-13-14-5-4-8-26(2)12-14/h6-7,9-11,14H,3-5,8,12-13H2,1-2H3,(H2,23,24,25,27). The Hall–Kier alpha value is -2.74. The minimum Gasteiger partial charge on any atom is -0.491 e. The summed E-state index contributed by atoms with van der Waals surface area (Å²) in [5.74, 6) is 0.723. The first kappa shape index (κ1) is 20.0. The first-order valence-corrected chi connectivity index (χ1v) is 9.53. The summed E-state index contributed by atoms with van der Waals surface area (Å²) in [4.78, 5) is 22.9. The van der Waals surface area contributed by atoms with Gasteiger partial charge in [0, 0.05) is 18.5 Å². The van der Waals surface area contributed by atoms with Crippen LogP contribution in [0.15, 0.2) is 30.6 Å². The predicted molar refractivity (Wildman–Crippen MR) is 106 cm³/mol. The quantitative estimate of drug-likeness (QED) is 0.793. The molecule has 1 aliphatic rings. The Morgan fingerprint density at radius 1 is 1.32 bits per heavy atom. The minimum atomic E-state index is -0.536. The molecule has 150 valence electrons. The summed E-state index contributed by atoms with van der Waals surface area (Å²) in [6, 6.07) is 3.56. The molecule has 0 spiro atoms. The lowest BCUT2D eigenvalue weighted by Crippen LogP contribution is -2.34. The number of nitrogens with one attached hydrogen (secondary N) is 2. The molecule has 1 saturated heterocycles. The molecule has 2 aromatic rings. The number of benzene rings is 1. The topological polar surface area (TPSA) is 79.4 Å². The first-order valence-electron chi connectivity index (χ1n) is 9.53. The number of ether oxygens (including phenoxy) is 1. The van der Waals surface area contributed by atoms with E-state index in [1.165, 1.54) is 24.4 Å². The lowest BCUT2D eigenvalue weighted by molar-refractivity contribution is 0.151. The molecule has 1 aliphatic heterocycles. The number of urea groups is 1. The van der Waals surface area contributed by atoms with E-state index in [2.05, 4.69) is 32.5 Å². The zero-order valence-corrected chi connectivity index (χ0v) is 16.2. The zero-order chi connectivity index (χ0) is 19.9. The molecule has 1 aromatic heterocycles. The number of hydrogen-bond donors (Lipinski definition) is 2. The maximum Gasteiger partial charge on any atom is 0.325 e. The van der Waals surface area contributed by atoms with Gasteiger partial charge in [-0.3, -0.25) is 10.3 Å². The van der Waals surface area contributed by atoms with Gasteiger partial charge < -0.3 is 15.0 Å². The molecule has 1 unspecified atom stereocenters. The van der Waals surface area contributed by atoms with Gasteiger partial charge in [0.2, 0.25) is 0 Å². The van der Waals surface area contributed by atoms with E-state index in [0.29, 0.717) is 24.1 Å². The number of piperidine rings is 1. The van der Waals surface area contributed by atoms with Gasteiger partial charge in [0.1, 0.15) is 11.6 Å². The third kappa shape index (κ3) is 5.63. The van der Waals surface area contributed by atoms with Gasteiger partial charge in [-0.1, -0.05) is 6.92 Å². The molecule has 0 saturated carbocycles. The van der Waals surface area contributed by atoms with Crippen molar-refractivity contribution in [3.8, 4) is 5.75 Å². The fourth-order valence-corrected chi connectivity index (χ4v) is 3.21. The normalized spacial score (nSPS) is 17.2. The summed E-state index contributed by atoms with van der Waals surface area (Å²) in [5.41, 5.74) is 1.11. The Labute approximate surface area is 164 Å². The summed E-state index contributed by atoms with van der Waals surface area (Å²) in [6.45, 7) is 4.57. The van der Waals surface area contributed by atoms with Gasteiger partial charge in [-0.15, -0.1) is 0 Å². The Balaban J connectivity index is 1.61. The molecular weight excluding hydrogens is 361 g/mol. The highest BCUT2D eigenvalue weighted by Gasteiger charge is 2.19. The number of likely N-dealkylation sites (tertiary alicyclic amines) is 1. The highest BCUT2D eigenvalue weighted by atomic mass is 19.1. The van der Waals surface area contributed by atoms with Gasteiger partial charge in [0.25, 0.3) is 0 Å². The van der Waals surface area contributed by atoms with E-state index in [1.807, 2.05) is 6.92 Å². The van der Waals surface area contributed by atoms with Crippen LogP contribution in [0.5, 0.6) is 5.75 Å². The molecule has 3 rings (SSSR count). The highest BCUT2D eigenvalue weighted by Crippen LogP contribution is 2.27. The van der Waals surface area contributed by atoms with Crippen molar-refractivity contribution in [1.82, 2.24) is 14.9 Å². The number of hydrogen-bond acceptors (Lipinski definition) is 5. The molecule has 0 radical (unpaired) electrons. The van der Waals surface area contributed by atoms with E-state index < -0.39 is 11.8 Å². The van der Waals surface area contributed by atoms with Crippen LogP contribution in [0.2, 0.25) is 0 Å². The molecule has 2 heterocycles. The fourth-order valence-electron chi connectivity index (χ4n) is 3.21. The number of amides is 2. The number of aryl methyl sites for hydroxylation is 1. The number of rotatable bonds is 6. The maximum absolute atomic E-state index is 13.7. The van der Waals surface area contributed by atoms with Crippen molar-refractivity contribution in [2.75, 3.05) is 37.4 Å². The summed E-state index contributed by atoms with van der Waals surface area (Å²) < 4.78 is 19.6. The van der Waals surface area contributed by atoms with Crippen LogP contribution in [0.25, 0.3) is 0 Å². The summed E-state index contributed by atoms with van der Waals surface area (Å²) in [7, 11) is 2.09. The molecule has 0 bridgehead atoms. The van der Waals surface area contributed by atoms with Gasteiger partial charge in [-0.2, -0.15) is 0 Å². The third-order valence-electron chi connectivity index (χ3n) is 4.70. The molecule has 2 amide bonds. The van der Waals surface area contributed by atoms with Crippen LogP contribution in [0.4, 0.5) is 20.7 Å². The Bertz CT molecular complexity index is 800. The van der Waals surface area contributed by atoms with Crippen LogP contribution < -0.4 is 15.4 Å². The number of anilines is 2. The van der Waals surface area contributed by atoms with Crippen molar-refractivity contribution in [3.63, 3.8) is 0 Å². The largest absolute Gasteiger partial charge is 0.491 e. The third-order valence-corrected chi connectivity index (χ3v) is 4.70. The van der Waals surface area contributed by atoms with Gasteiger partial charge in [0.05, 0.1) is 30.4 Å². The number of aromatic nitrogens is 2. The molecule has 28 heavy (non-hydrogen) atoms. The molecular formula is C20H26FN5O2. The van der Waals surface area contributed by atoms with Gasteiger partial charge in [-0.05, 0) is 45.0 Å². The van der Waals surface area contributed by atoms with E-state index in [1.54, 1.807) is 6.20 Å². The molecule has 0 aliphatic carbocycles. The Morgan fingerprint density at radius 2 is 2.18 bits per heavy atom. The molecule has 2 N–H and O–H groups in total. The van der Waals surface area contributed by atoms with Crippen LogP contribution >= 0.6 is 0 Å². The average molecular weight is 387 g/mol. The van der Waals surface area contributed by atoms with Crippen LogP contribution in [0.3, 0.4) is 0 Å². The van der Waals surface area contributed by atoms with Crippen molar-refractivity contribution in [2.24, 2.45) is 5.92 Å². The number of halogens is 1. The van der Waals surface area contributed by atoms with Gasteiger partial charge >= 0.3 is 6.03 Å². The van der Waals surface area contributed by atoms with Crippen LogP contribution in [-0.2, 0) is 6.42 Å². The van der Waals surface area contributed by atoms with Crippen molar-refractivity contribution in [1.29, 1.82) is 0 Å². The molecule has 1 fully saturated rings. The van der Waals surface area contributed by atoms with E-state index in [9.17, 15) is 9.18 Å². The fraction of sp³-hybridized carbons (Fsp3) is 0.450. The first-order chi connectivity index (χ1) is 13.5. The average Bonchev–Trinajstić information content (AvgIpc) is 2.68. The van der Waals surface area contributed by atoms with Crippen molar-refractivity contribution >= 4 is 17.5 Å². The number of nitrogens with zero attached hydrogens (tertiary/aromatic N) is 3. The van der Waals surface area contributed by atoms with E-state index in [4.69, 9.17) is 4.74 Å². The molecule has 7 nitrogen and oxygen atoms in total. The maximum atomic E-state index is 13.7. The lowest BCUT2D eigenvalue weighted by Gasteiger charge is -2.29. The Kier molecular flexibility index (Phi) is 6.76. The van der Waals surface area contributed by atoms with E-state index in [-0.39, 0.29) is 5.69 Å². The minimum absolute atomic E-state index is 0.278. The second-order valence-corrected chi connectivity index (χ2v) is 7.05. The smallest absolute Gasteiger partial charge is 0.325 e. The van der Waals surface area contributed by atoms with Crippen LogP contribution in [-0.4, -0.2) is 47.6 Å². The Morgan fingerprint density at radius 3 is 2.89 bits per heavy atom. The summed E-state index contributed by atoms with van der Waals surface area (Å²) >= 11 is 0. The highest BCUT2D eigenvalue weighted by molar-refractivity contribution is 6.00. The molecule has 1 aromatic carbocycles. The van der Waals surface area contributed by atoms with Crippen molar-refractivity contribution in [3.05, 3.63) is 42.1 Å².